The lowest BCUT2D eigenvalue weighted by atomic mass is 9.89. The van der Waals surface area contributed by atoms with E-state index in [1.807, 2.05) is 13.8 Å². The Morgan fingerprint density at radius 2 is 1.82 bits per heavy atom. The number of carbonyl (C=O) groups excluding carboxylic acids is 1. The molecular weight excluding hydrogens is 302 g/mol. The number of aliphatic hydroxyl groups excluding tert-OH is 1. The Balaban J connectivity index is 2.44. The zero-order valence-electron chi connectivity index (χ0n) is 13.8. The molecule has 124 valence electrons. The van der Waals surface area contributed by atoms with Gasteiger partial charge in [0.25, 0.3) is 5.91 Å². The van der Waals surface area contributed by atoms with E-state index < -0.39 is 5.60 Å². The third-order valence-corrected chi connectivity index (χ3v) is 3.73. The first-order chi connectivity index (χ1) is 10.2. The number of hydrogen-bond acceptors (Lipinski definition) is 3. The molecule has 0 saturated heterocycles. The van der Waals surface area contributed by atoms with Crippen LogP contribution in [0.3, 0.4) is 0 Å². The normalized spacial score (nSPS) is 12.1. The van der Waals surface area contributed by atoms with Crippen LogP contribution in [0.1, 0.15) is 40.5 Å². The summed E-state index contributed by atoms with van der Waals surface area (Å²) < 4.78 is 5.73. The van der Waals surface area contributed by atoms with Crippen LogP contribution < -0.4 is 10.1 Å². The van der Waals surface area contributed by atoms with E-state index in [0.29, 0.717) is 17.3 Å². The van der Waals surface area contributed by atoms with Crippen molar-refractivity contribution < 1.29 is 14.6 Å². The Morgan fingerprint density at radius 3 is 2.36 bits per heavy atom. The maximum absolute atomic E-state index is 12.2. The smallest absolute Gasteiger partial charge is 0.263 e. The summed E-state index contributed by atoms with van der Waals surface area (Å²) in [6, 6.07) is 6.92. The van der Waals surface area contributed by atoms with Gasteiger partial charge in [-0.2, -0.15) is 0 Å². The first-order valence-electron chi connectivity index (χ1n) is 7.50. The molecule has 4 nitrogen and oxygen atoms in total. The molecule has 0 aliphatic carbocycles. The second-order valence-corrected chi connectivity index (χ2v) is 7.18. The summed E-state index contributed by atoms with van der Waals surface area (Å²) in [5.74, 6) is 0.440. The molecule has 0 aliphatic heterocycles. The Kier molecular flexibility index (Phi) is 6.69. The number of nitrogens with one attached hydrogen (secondary N) is 1. The van der Waals surface area contributed by atoms with Crippen LogP contribution in [0.5, 0.6) is 5.75 Å². The maximum Gasteiger partial charge on any atom is 0.263 e. The molecule has 1 aromatic carbocycles. The van der Waals surface area contributed by atoms with Gasteiger partial charge in [-0.3, -0.25) is 4.79 Å². The fourth-order valence-corrected chi connectivity index (χ4v) is 2.03. The van der Waals surface area contributed by atoms with Crippen molar-refractivity contribution in [2.75, 3.05) is 13.2 Å². The Morgan fingerprint density at radius 1 is 1.23 bits per heavy atom. The molecule has 22 heavy (non-hydrogen) atoms. The Bertz CT molecular complexity index is 483. The molecule has 2 N–H and O–H groups in total. The lowest BCUT2D eigenvalue weighted by Gasteiger charge is -2.26. The minimum atomic E-state index is -0.958. The van der Waals surface area contributed by atoms with Gasteiger partial charge in [-0.05, 0) is 56.4 Å². The molecule has 5 heteroatoms. The van der Waals surface area contributed by atoms with Gasteiger partial charge in [0.2, 0.25) is 0 Å². The van der Waals surface area contributed by atoms with Gasteiger partial charge in [-0.25, -0.2) is 0 Å². The number of ether oxygens (including phenoxy) is 1. The number of halogens is 1. The highest BCUT2D eigenvalue weighted by atomic mass is 35.5. The average molecular weight is 328 g/mol. The van der Waals surface area contributed by atoms with Crippen molar-refractivity contribution in [3.05, 3.63) is 29.3 Å². The highest BCUT2D eigenvalue weighted by Gasteiger charge is 2.29. The molecule has 1 rings (SSSR count). The van der Waals surface area contributed by atoms with Crippen molar-refractivity contribution >= 4 is 17.5 Å². The second-order valence-electron chi connectivity index (χ2n) is 6.75. The lowest BCUT2D eigenvalue weighted by molar-refractivity contribution is -0.134. The predicted molar refractivity (Wildman–Crippen MR) is 89.3 cm³/mol. The largest absolute Gasteiger partial charge is 0.478 e. The molecule has 0 heterocycles. The van der Waals surface area contributed by atoms with Crippen molar-refractivity contribution in [3.8, 4) is 5.75 Å². The number of benzene rings is 1. The number of carbonyl (C=O) groups is 1. The van der Waals surface area contributed by atoms with Crippen LogP contribution in [-0.2, 0) is 4.79 Å². The Labute approximate surface area is 137 Å². The predicted octanol–water partition coefficient (Wildman–Crippen LogP) is 3.41. The summed E-state index contributed by atoms with van der Waals surface area (Å²) in [4.78, 5) is 12.2. The van der Waals surface area contributed by atoms with E-state index >= 15 is 0 Å². The SMILES string of the molecule is CC(C)(CO)CCCNC(=O)C(C)(C)Oc1ccc(Cl)cc1. The highest BCUT2D eigenvalue weighted by molar-refractivity contribution is 6.30. The molecule has 0 atom stereocenters. The maximum atomic E-state index is 12.2. The zero-order valence-corrected chi connectivity index (χ0v) is 14.5. The summed E-state index contributed by atoms with van der Waals surface area (Å²) in [6.07, 6.45) is 1.67. The average Bonchev–Trinajstić information content (AvgIpc) is 2.45. The first kappa shape index (κ1) is 18.8. The number of amides is 1. The summed E-state index contributed by atoms with van der Waals surface area (Å²) in [5, 5.41) is 12.7. The van der Waals surface area contributed by atoms with Crippen LogP contribution in [0.25, 0.3) is 0 Å². The zero-order chi connectivity index (χ0) is 16.8. The van der Waals surface area contributed by atoms with E-state index in [1.54, 1.807) is 38.1 Å². The van der Waals surface area contributed by atoms with Gasteiger partial charge >= 0.3 is 0 Å². The molecule has 0 spiro atoms. The van der Waals surface area contributed by atoms with Gasteiger partial charge in [0, 0.05) is 18.2 Å². The molecule has 0 bridgehead atoms. The molecule has 0 saturated carbocycles. The van der Waals surface area contributed by atoms with Crippen LogP contribution in [0.15, 0.2) is 24.3 Å². The van der Waals surface area contributed by atoms with Crippen LogP contribution in [0, 0.1) is 5.41 Å². The van der Waals surface area contributed by atoms with E-state index in [9.17, 15) is 9.90 Å². The van der Waals surface area contributed by atoms with Crippen LogP contribution in [0.4, 0.5) is 0 Å². The van der Waals surface area contributed by atoms with Crippen molar-refractivity contribution in [3.63, 3.8) is 0 Å². The minimum Gasteiger partial charge on any atom is -0.478 e. The fraction of sp³-hybridized carbons (Fsp3) is 0.588. The fourth-order valence-electron chi connectivity index (χ4n) is 1.90. The van der Waals surface area contributed by atoms with E-state index in [0.717, 1.165) is 12.8 Å². The molecule has 1 aromatic rings. The van der Waals surface area contributed by atoms with E-state index in [4.69, 9.17) is 16.3 Å². The van der Waals surface area contributed by atoms with Gasteiger partial charge in [0.15, 0.2) is 5.60 Å². The van der Waals surface area contributed by atoms with Crippen molar-refractivity contribution in [2.45, 2.75) is 46.1 Å². The molecule has 1 amide bonds. The number of aliphatic hydroxyl groups is 1. The summed E-state index contributed by atoms with van der Waals surface area (Å²) >= 11 is 5.83. The highest BCUT2D eigenvalue weighted by Crippen LogP contribution is 2.22. The number of hydrogen-bond donors (Lipinski definition) is 2. The monoisotopic (exact) mass is 327 g/mol. The van der Waals surface area contributed by atoms with Crippen LogP contribution >= 0.6 is 11.6 Å². The Hall–Kier alpha value is -1.26. The van der Waals surface area contributed by atoms with E-state index in [2.05, 4.69) is 5.32 Å². The molecular formula is C17H26ClNO3. The molecule has 0 fully saturated rings. The molecule has 0 aromatic heterocycles. The van der Waals surface area contributed by atoms with Gasteiger partial charge in [0.1, 0.15) is 5.75 Å². The van der Waals surface area contributed by atoms with Crippen molar-refractivity contribution in [1.82, 2.24) is 5.32 Å². The van der Waals surface area contributed by atoms with E-state index in [1.165, 1.54) is 0 Å². The van der Waals surface area contributed by atoms with Crippen LogP contribution in [-0.4, -0.2) is 29.8 Å². The molecule has 0 aliphatic rings. The minimum absolute atomic E-state index is 0.111. The van der Waals surface area contributed by atoms with Crippen molar-refractivity contribution in [2.24, 2.45) is 5.41 Å². The third kappa shape index (κ3) is 6.24. The summed E-state index contributed by atoms with van der Waals surface area (Å²) in [7, 11) is 0. The molecule has 0 unspecified atom stereocenters. The number of rotatable bonds is 8. The standard InChI is InChI=1S/C17H26ClNO3/c1-16(2,12-20)10-5-11-19-15(21)17(3,4)22-14-8-6-13(18)7-9-14/h6-9,20H,5,10-12H2,1-4H3,(H,19,21). The van der Waals surface area contributed by atoms with Gasteiger partial charge < -0.3 is 15.2 Å². The van der Waals surface area contributed by atoms with Gasteiger partial charge in [0.05, 0.1) is 0 Å². The lowest BCUT2D eigenvalue weighted by Crippen LogP contribution is -2.46. The topological polar surface area (TPSA) is 58.6 Å². The van der Waals surface area contributed by atoms with Crippen molar-refractivity contribution in [1.29, 1.82) is 0 Å². The quantitative estimate of drug-likeness (QED) is 0.719. The van der Waals surface area contributed by atoms with E-state index in [-0.39, 0.29) is 17.9 Å². The van der Waals surface area contributed by atoms with Crippen LogP contribution in [0.2, 0.25) is 5.02 Å². The van der Waals surface area contributed by atoms with Gasteiger partial charge in [-0.1, -0.05) is 25.4 Å². The third-order valence-electron chi connectivity index (χ3n) is 3.48. The van der Waals surface area contributed by atoms with Gasteiger partial charge in [-0.15, -0.1) is 0 Å². The summed E-state index contributed by atoms with van der Waals surface area (Å²) in [6.45, 7) is 8.18. The molecule has 0 radical (unpaired) electrons. The summed E-state index contributed by atoms with van der Waals surface area (Å²) in [5.41, 5.74) is -1.07. The second kappa shape index (κ2) is 7.84. The first-order valence-corrected chi connectivity index (χ1v) is 7.88.